The zero-order valence-corrected chi connectivity index (χ0v) is 20.7. The fourth-order valence-corrected chi connectivity index (χ4v) is 4.93. The number of carbonyl (C=O) groups is 3. The van der Waals surface area contributed by atoms with Crippen molar-refractivity contribution < 1.29 is 24.6 Å². The van der Waals surface area contributed by atoms with E-state index in [1.807, 2.05) is 47.0 Å². The summed E-state index contributed by atoms with van der Waals surface area (Å²) >= 11 is 1.25. The van der Waals surface area contributed by atoms with Crippen LogP contribution in [0.4, 0.5) is 5.69 Å². The van der Waals surface area contributed by atoms with Gasteiger partial charge in [0.15, 0.2) is 5.17 Å². The lowest BCUT2D eigenvalue weighted by molar-refractivity contribution is -0.122. The predicted molar refractivity (Wildman–Crippen MR) is 146 cm³/mol. The van der Waals surface area contributed by atoms with Gasteiger partial charge in [-0.1, -0.05) is 36.4 Å². The summed E-state index contributed by atoms with van der Waals surface area (Å²) in [6.45, 7) is 0.219. The minimum atomic E-state index is -1.02. The molecule has 0 radical (unpaired) electrons. The van der Waals surface area contributed by atoms with Gasteiger partial charge < -0.3 is 14.8 Å². The van der Waals surface area contributed by atoms with Crippen LogP contribution in [0.5, 0.6) is 0 Å². The number of carboxylic acids is 2. The zero-order chi connectivity index (χ0) is 26.6. The Balaban J connectivity index is 1.50. The van der Waals surface area contributed by atoms with Crippen molar-refractivity contribution in [1.29, 1.82) is 0 Å². The molecule has 0 unspecified atom stereocenters. The molecule has 8 nitrogen and oxygen atoms in total. The molecule has 9 heteroatoms. The van der Waals surface area contributed by atoms with Crippen LogP contribution in [0.15, 0.2) is 107 Å². The summed E-state index contributed by atoms with van der Waals surface area (Å²) in [4.78, 5) is 43.0. The lowest BCUT2D eigenvalue weighted by atomic mass is 10.1. The number of amidine groups is 1. The first-order valence-electron chi connectivity index (χ1n) is 11.6. The van der Waals surface area contributed by atoms with Gasteiger partial charge in [-0.2, -0.15) is 0 Å². The number of thioether (sulfide) groups is 1. The molecule has 0 bridgehead atoms. The number of carboxylic acid groups (broad SMARTS) is 2. The maximum absolute atomic E-state index is 13.6. The number of benzene rings is 3. The first-order chi connectivity index (χ1) is 18.4. The van der Waals surface area contributed by atoms with Gasteiger partial charge in [0.05, 0.1) is 28.3 Å². The van der Waals surface area contributed by atoms with E-state index in [0.717, 1.165) is 5.56 Å². The van der Waals surface area contributed by atoms with E-state index in [4.69, 9.17) is 4.99 Å². The average Bonchev–Trinajstić information content (AvgIpc) is 3.50. The van der Waals surface area contributed by atoms with E-state index >= 15 is 0 Å². The second-order valence-electron chi connectivity index (χ2n) is 8.39. The molecule has 1 saturated heterocycles. The predicted octanol–water partition coefficient (Wildman–Crippen LogP) is 5.68. The number of nitrogens with zero attached hydrogens (tertiary/aromatic N) is 3. The van der Waals surface area contributed by atoms with E-state index in [1.165, 1.54) is 30.0 Å². The zero-order valence-electron chi connectivity index (χ0n) is 19.9. The Labute approximate surface area is 222 Å². The molecular weight excluding hydrogens is 502 g/mol. The van der Waals surface area contributed by atoms with Crippen LogP contribution in [0, 0.1) is 0 Å². The third-order valence-electron chi connectivity index (χ3n) is 5.84. The van der Waals surface area contributed by atoms with Crippen LogP contribution >= 0.6 is 11.8 Å². The maximum atomic E-state index is 13.6. The number of amides is 1. The minimum Gasteiger partial charge on any atom is -0.478 e. The van der Waals surface area contributed by atoms with Crippen LogP contribution in [0.1, 0.15) is 32.0 Å². The van der Waals surface area contributed by atoms with E-state index in [1.54, 1.807) is 47.5 Å². The summed E-state index contributed by atoms with van der Waals surface area (Å²) in [6, 6.07) is 25.9. The summed E-state index contributed by atoms with van der Waals surface area (Å²) in [6.07, 6.45) is 3.56. The van der Waals surface area contributed by atoms with Crippen molar-refractivity contribution in [3.05, 3.63) is 124 Å². The minimum absolute atomic E-state index is 0.165. The number of rotatable bonds is 7. The van der Waals surface area contributed by atoms with E-state index in [-0.39, 0.29) is 23.6 Å². The van der Waals surface area contributed by atoms with Crippen LogP contribution in [0.2, 0.25) is 0 Å². The number of para-hydroxylation sites is 1. The molecule has 38 heavy (non-hydrogen) atoms. The van der Waals surface area contributed by atoms with Crippen molar-refractivity contribution in [2.24, 2.45) is 4.99 Å². The molecule has 188 valence electrons. The van der Waals surface area contributed by atoms with Crippen LogP contribution < -0.4 is 0 Å². The highest BCUT2D eigenvalue weighted by Crippen LogP contribution is 2.35. The molecule has 1 aliphatic rings. The second-order valence-corrected chi connectivity index (χ2v) is 9.40. The molecule has 2 heterocycles. The number of hydrogen-bond donors (Lipinski definition) is 2. The first-order valence-corrected chi connectivity index (χ1v) is 12.4. The van der Waals surface area contributed by atoms with Crippen LogP contribution in [-0.2, 0) is 11.3 Å². The smallest absolute Gasteiger partial charge is 0.335 e. The molecule has 0 saturated carbocycles. The summed E-state index contributed by atoms with van der Waals surface area (Å²) in [5, 5.41) is 19.1. The Kier molecular flexibility index (Phi) is 6.92. The molecule has 4 aromatic rings. The second kappa shape index (κ2) is 10.6. The van der Waals surface area contributed by atoms with E-state index in [0.29, 0.717) is 27.1 Å². The van der Waals surface area contributed by atoms with E-state index in [9.17, 15) is 24.6 Å². The third kappa shape index (κ3) is 5.28. The lowest BCUT2D eigenvalue weighted by Gasteiger charge is -2.16. The van der Waals surface area contributed by atoms with Crippen LogP contribution in [0.25, 0.3) is 11.8 Å². The Morgan fingerprint density at radius 1 is 0.842 bits per heavy atom. The highest BCUT2D eigenvalue weighted by Gasteiger charge is 2.33. The number of hydrogen-bond acceptors (Lipinski definition) is 5. The number of carbonyl (C=O) groups excluding carboxylic acids is 1. The number of aliphatic imine (C=N–C) groups is 1. The van der Waals surface area contributed by atoms with Crippen molar-refractivity contribution in [2.45, 2.75) is 6.54 Å². The number of aromatic nitrogens is 1. The summed E-state index contributed by atoms with van der Waals surface area (Å²) in [7, 11) is 0. The molecule has 1 amide bonds. The maximum Gasteiger partial charge on any atom is 0.335 e. The standard InChI is InChI=1S/C29H21N3O5S/c33-26-25(17-24-10-5-15-31(24)23-9-4-6-21(16-23)28(36)37)38-29(30-22-7-2-1-3-8-22)32(26)18-19-11-13-20(14-12-19)27(34)35/h1-17H,18H2,(H,34,35)(H,36,37)/b25-17-,30-29?. The van der Waals surface area contributed by atoms with Crippen molar-refractivity contribution in [3.63, 3.8) is 0 Å². The quantitative estimate of drug-likeness (QED) is 0.302. The average molecular weight is 524 g/mol. The van der Waals surface area contributed by atoms with E-state index < -0.39 is 11.9 Å². The Morgan fingerprint density at radius 3 is 2.29 bits per heavy atom. The van der Waals surface area contributed by atoms with Crippen molar-refractivity contribution >= 4 is 46.5 Å². The lowest BCUT2D eigenvalue weighted by Crippen LogP contribution is -2.28. The van der Waals surface area contributed by atoms with Crippen LogP contribution in [-0.4, -0.2) is 42.7 Å². The fraction of sp³-hybridized carbons (Fsp3) is 0.0345. The van der Waals surface area contributed by atoms with Gasteiger partial charge in [-0.15, -0.1) is 0 Å². The van der Waals surface area contributed by atoms with Gasteiger partial charge in [-0.25, -0.2) is 14.6 Å². The van der Waals surface area contributed by atoms with Gasteiger partial charge in [0.25, 0.3) is 5.91 Å². The number of aromatic carboxylic acids is 2. The van der Waals surface area contributed by atoms with Crippen molar-refractivity contribution in [1.82, 2.24) is 9.47 Å². The Hall–Kier alpha value is -4.89. The van der Waals surface area contributed by atoms with Crippen molar-refractivity contribution in [3.8, 4) is 5.69 Å². The largest absolute Gasteiger partial charge is 0.478 e. The highest BCUT2D eigenvalue weighted by molar-refractivity contribution is 8.18. The van der Waals surface area contributed by atoms with Crippen LogP contribution in [0.3, 0.4) is 0 Å². The molecule has 0 aliphatic carbocycles. The first kappa shape index (κ1) is 24.8. The van der Waals surface area contributed by atoms with Gasteiger partial charge >= 0.3 is 11.9 Å². The molecular formula is C29H21N3O5S. The molecule has 1 fully saturated rings. The molecule has 5 rings (SSSR count). The van der Waals surface area contributed by atoms with Gasteiger partial charge in [0.2, 0.25) is 0 Å². The monoisotopic (exact) mass is 523 g/mol. The third-order valence-corrected chi connectivity index (χ3v) is 6.85. The Bertz CT molecular complexity index is 1590. The Morgan fingerprint density at radius 2 is 1.58 bits per heavy atom. The molecule has 0 spiro atoms. The molecule has 1 aromatic heterocycles. The summed E-state index contributed by atoms with van der Waals surface area (Å²) < 4.78 is 1.81. The van der Waals surface area contributed by atoms with E-state index in [2.05, 4.69) is 0 Å². The van der Waals surface area contributed by atoms with Gasteiger partial charge in [0, 0.05) is 17.6 Å². The highest BCUT2D eigenvalue weighted by atomic mass is 32.2. The topological polar surface area (TPSA) is 112 Å². The summed E-state index contributed by atoms with van der Waals surface area (Å²) in [5.74, 6) is -2.27. The molecule has 2 N–H and O–H groups in total. The SMILES string of the molecule is O=C(O)c1ccc(CN2C(=O)/C(=C/c3cccn3-c3cccc(C(=O)O)c3)SC2=Nc2ccccc2)cc1. The van der Waals surface area contributed by atoms with Gasteiger partial charge in [0.1, 0.15) is 0 Å². The summed E-state index contributed by atoms with van der Waals surface area (Å²) in [5.41, 5.74) is 3.16. The van der Waals surface area contributed by atoms with Crippen molar-refractivity contribution in [2.75, 3.05) is 0 Å². The molecule has 0 atom stereocenters. The molecule has 3 aromatic carbocycles. The van der Waals surface area contributed by atoms with Gasteiger partial charge in [-0.05, 0) is 78.0 Å². The molecule has 1 aliphatic heterocycles. The normalized spacial score (nSPS) is 15.4. The van der Waals surface area contributed by atoms with Gasteiger partial charge in [-0.3, -0.25) is 9.69 Å². The fourth-order valence-electron chi connectivity index (χ4n) is 3.95.